The summed E-state index contributed by atoms with van der Waals surface area (Å²) in [6.45, 7) is 0. The van der Waals surface area contributed by atoms with Crippen LogP contribution in [0, 0.1) is 0 Å². The van der Waals surface area contributed by atoms with Crippen LogP contribution in [0.3, 0.4) is 0 Å². The van der Waals surface area contributed by atoms with E-state index in [2.05, 4.69) is 20.2 Å². The van der Waals surface area contributed by atoms with Gasteiger partial charge in [-0.2, -0.15) is 18.3 Å². The minimum Gasteiger partial charge on any atom is -0.382 e. The van der Waals surface area contributed by atoms with E-state index < -0.39 is 17.6 Å². The van der Waals surface area contributed by atoms with Crippen molar-refractivity contribution < 1.29 is 13.2 Å². The fourth-order valence-corrected chi connectivity index (χ4v) is 1.91. The van der Waals surface area contributed by atoms with Gasteiger partial charge >= 0.3 is 6.18 Å². The van der Waals surface area contributed by atoms with Crippen LogP contribution in [0.25, 0.3) is 0 Å². The van der Waals surface area contributed by atoms with Gasteiger partial charge in [0.25, 0.3) is 0 Å². The first-order chi connectivity index (χ1) is 10.4. The molecule has 0 bridgehead atoms. The summed E-state index contributed by atoms with van der Waals surface area (Å²) < 4.78 is 39.5. The molecule has 0 amide bonds. The molecule has 3 rings (SSSR count). The third-order valence-corrected chi connectivity index (χ3v) is 3.16. The van der Waals surface area contributed by atoms with E-state index in [9.17, 15) is 13.2 Å². The maximum atomic E-state index is 13.2. The Bertz CT molecular complexity index is 708. The van der Waals surface area contributed by atoms with Gasteiger partial charge in [0.2, 0.25) is 0 Å². The number of alkyl halides is 3. The van der Waals surface area contributed by atoms with Crippen LogP contribution in [0.15, 0.2) is 40.6 Å². The second kappa shape index (κ2) is 5.36. The average molecular weight is 307 g/mol. The zero-order chi connectivity index (χ0) is 15.7. The number of anilines is 1. The van der Waals surface area contributed by atoms with Crippen LogP contribution in [0.2, 0.25) is 0 Å². The lowest BCUT2D eigenvalue weighted by Gasteiger charge is -2.11. The van der Waals surface area contributed by atoms with Crippen LogP contribution in [0.5, 0.6) is 0 Å². The zero-order valence-electron chi connectivity index (χ0n) is 11.4. The van der Waals surface area contributed by atoms with Gasteiger partial charge in [-0.05, 0) is 25.0 Å². The van der Waals surface area contributed by atoms with Gasteiger partial charge in [0, 0.05) is 5.92 Å². The summed E-state index contributed by atoms with van der Waals surface area (Å²) in [4.78, 5) is 7.54. The summed E-state index contributed by atoms with van der Waals surface area (Å²) in [7, 11) is 0. The molecule has 22 heavy (non-hydrogen) atoms. The van der Waals surface area contributed by atoms with Gasteiger partial charge in [-0.3, -0.25) is 0 Å². The highest BCUT2D eigenvalue weighted by Crippen LogP contribution is 2.43. The number of nitrogen functional groups attached to an aromatic ring is 1. The Labute approximate surface area is 124 Å². The van der Waals surface area contributed by atoms with Gasteiger partial charge in [0.1, 0.15) is 5.82 Å². The predicted molar refractivity (Wildman–Crippen MR) is 74.0 cm³/mol. The van der Waals surface area contributed by atoms with Gasteiger partial charge in [-0.1, -0.05) is 18.2 Å². The highest BCUT2D eigenvalue weighted by molar-refractivity contribution is 5.61. The van der Waals surface area contributed by atoms with E-state index in [1.807, 2.05) is 0 Å². The Hall–Kier alpha value is -2.51. The number of aromatic nitrogens is 2. The van der Waals surface area contributed by atoms with Crippen molar-refractivity contribution in [1.82, 2.24) is 9.97 Å². The normalized spacial score (nSPS) is 15.4. The number of hydrogen-bond acceptors (Lipinski definition) is 5. The fourth-order valence-electron chi connectivity index (χ4n) is 1.91. The van der Waals surface area contributed by atoms with Gasteiger partial charge in [-0.25, -0.2) is 9.97 Å². The number of benzene rings is 1. The third kappa shape index (κ3) is 3.05. The Morgan fingerprint density at radius 3 is 2.32 bits per heavy atom. The van der Waals surface area contributed by atoms with Crippen molar-refractivity contribution in [3.63, 3.8) is 0 Å². The van der Waals surface area contributed by atoms with Crippen molar-refractivity contribution >= 4 is 17.2 Å². The number of azo groups is 1. The Balaban J connectivity index is 2.04. The maximum Gasteiger partial charge on any atom is 0.435 e. The van der Waals surface area contributed by atoms with E-state index in [4.69, 9.17) is 5.73 Å². The minimum absolute atomic E-state index is 0.0384. The van der Waals surface area contributed by atoms with E-state index in [0.29, 0.717) is 5.69 Å². The number of nitrogens with two attached hydrogens (primary N) is 1. The van der Waals surface area contributed by atoms with Crippen molar-refractivity contribution in [2.24, 2.45) is 10.2 Å². The number of rotatable bonds is 3. The summed E-state index contributed by atoms with van der Waals surface area (Å²) >= 11 is 0. The molecule has 0 spiro atoms. The summed E-state index contributed by atoms with van der Waals surface area (Å²) in [5.41, 5.74) is 4.38. The Morgan fingerprint density at radius 1 is 1.05 bits per heavy atom. The molecular formula is C14H12F3N5. The van der Waals surface area contributed by atoms with E-state index in [1.54, 1.807) is 30.3 Å². The second-order valence-electron chi connectivity index (χ2n) is 4.97. The molecule has 8 heteroatoms. The SMILES string of the molecule is Nc1nc(C2CC2)nc(C(F)(F)F)c1/N=N/c1ccccc1. The van der Waals surface area contributed by atoms with Crippen LogP contribution in [0.4, 0.5) is 30.4 Å². The summed E-state index contributed by atoms with van der Waals surface area (Å²) in [6.07, 6.45) is -3.10. The Kier molecular flexibility index (Phi) is 3.51. The van der Waals surface area contributed by atoms with Crippen LogP contribution in [-0.2, 0) is 6.18 Å². The average Bonchev–Trinajstić information content (AvgIpc) is 3.30. The second-order valence-corrected chi connectivity index (χ2v) is 4.97. The van der Waals surface area contributed by atoms with Crippen molar-refractivity contribution in [3.8, 4) is 0 Å². The first-order valence-corrected chi connectivity index (χ1v) is 6.66. The van der Waals surface area contributed by atoms with E-state index in [0.717, 1.165) is 12.8 Å². The molecule has 1 aliphatic rings. The van der Waals surface area contributed by atoms with Gasteiger partial charge < -0.3 is 5.73 Å². The van der Waals surface area contributed by atoms with E-state index in [-0.39, 0.29) is 17.6 Å². The van der Waals surface area contributed by atoms with E-state index in [1.165, 1.54) is 0 Å². The molecule has 0 radical (unpaired) electrons. The molecule has 1 heterocycles. The molecule has 114 valence electrons. The molecule has 0 unspecified atom stereocenters. The van der Waals surface area contributed by atoms with E-state index >= 15 is 0 Å². The topological polar surface area (TPSA) is 76.5 Å². The molecule has 0 saturated heterocycles. The first kappa shape index (κ1) is 14.4. The van der Waals surface area contributed by atoms with Gasteiger partial charge in [-0.15, -0.1) is 5.11 Å². The lowest BCUT2D eigenvalue weighted by molar-refractivity contribution is -0.140. The fraction of sp³-hybridized carbons (Fsp3) is 0.286. The molecule has 2 N–H and O–H groups in total. The van der Waals surface area contributed by atoms with Crippen LogP contribution in [0.1, 0.15) is 30.3 Å². The van der Waals surface area contributed by atoms with Crippen molar-refractivity contribution in [3.05, 3.63) is 41.9 Å². The highest BCUT2D eigenvalue weighted by atomic mass is 19.4. The molecule has 2 aromatic rings. The number of hydrogen-bond donors (Lipinski definition) is 1. The lowest BCUT2D eigenvalue weighted by atomic mass is 10.3. The molecule has 0 atom stereocenters. The van der Waals surface area contributed by atoms with Crippen molar-refractivity contribution in [2.45, 2.75) is 24.9 Å². The van der Waals surface area contributed by atoms with Crippen LogP contribution < -0.4 is 5.73 Å². The molecule has 1 aromatic carbocycles. The number of nitrogens with zero attached hydrogens (tertiary/aromatic N) is 4. The molecule has 0 aliphatic heterocycles. The standard InChI is InChI=1S/C14H12F3N5/c15-14(16,17)11-10(22-21-9-4-2-1-3-5-9)12(18)20-13(19-11)8-6-7-8/h1-5,8H,6-7H2,(H2,18,19,20)/b22-21+. The summed E-state index contributed by atoms with van der Waals surface area (Å²) in [5.74, 6) is -0.212. The summed E-state index contributed by atoms with van der Waals surface area (Å²) in [6, 6.07) is 8.41. The van der Waals surface area contributed by atoms with Crippen LogP contribution in [-0.4, -0.2) is 9.97 Å². The van der Waals surface area contributed by atoms with Crippen molar-refractivity contribution in [1.29, 1.82) is 0 Å². The number of halogens is 3. The summed E-state index contributed by atoms with van der Waals surface area (Å²) in [5, 5.41) is 7.38. The monoisotopic (exact) mass is 307 g/mol. The van der Waals surface area contributed by atoms with Gasteiger partial charge in [0.05, 0.1) is 5.69 Å². The first-order valence-electron chi connectivity index (χ1n) is 6.66. The maximum absolute atomic E-state index is 13.2. The lowest BCUT2D eigenvalue weighted by Crippen LogP contribution is -2.13. The molecule has 1 aromatic heterocycles. The quantitative estimate of drug-likeness (QED) is 0.855. The highest BCUT2D eigenvalue weighted by Gasteiger charge is 2.39. The molecule has 1 saturated carbocycles. The van der Waals surface area contributed by atoms with Crippen LogP contribution >= 0.6 is 0 Å². The van der Waals surface area contributed by atoms with Crippen molar-refractivity contribution in [2.75, 3.05) is 5.73 Å². The van der Waals surface area contributed by atoms with Gasteiger partial charge in [0.15, 0.2) is 17.2 Å². The third-order valence-electron chi connectivity index (χ3n) is 3.16. The minimum atomic E-state index is -4.66. The molecular weight excluding hydrogens is 295 g/mol. The smallest absolute Gasteiger partial charge is 0.382 e. The molecule has 1 fully saturated rings. The largest absolute Gasteiger partial charge is 0.435 e. The molecule has 5 nitrogen and oxygen atoms in total. The Morgan fingerprint density at radius 2 is 1.73 bits per heavy atom. The zero-order valence-corrected chi connectivity index (χ0v) is 11.4. The predicted octanol–water partition coefficient (Wildman–Crippen LogP) is 4.37. The molecule has 1 aliphatic carbocycles.